The van der Waals surface area contributed by atoms with Crippen molar-refractivity contribution in [3.05, 3.63) is 102 Å². The Morgan fingerprint density at radius 1 is 0.750 bits per heavy atom. The lowest BCUT2D eigenvalue weighted by Crippen LogP contribution is -2.48. The van der Waals surface area contributed by atoms with Gasteiger partial charge in [-0.05, 0) is 65.2 Å². The highest BCUT2D eigenvalue weighted by atomic mass is 16.2. The van der Waals surface area contributed by atoms with Gasteiger partial charge in [-0.25, -0.2) is 4.79 Å². The van der Waals surface area contributed by atoms with Crippen molar-refractivity contribution in [1.29, 1.82) is 0 Å². The SMILES string of the molecule is CCc1ccccc1NC(=O)Nc1ccc(N2CCN(C(=O)c3ccc4ccccc4c3)CC2)cc1. The summed E-state index contributed by atoms with van der Waals surface area (Å²) < 4.78 is 0. The van der Waals surface area contributed by atoms with Crippen LogP contribution < -0.4 is 15.5 Å². The second-order valence-electron chi connectivity index (χ2n) is 8.98. The molecule has 36 heavy (non-hydrogen) atoms. The van der Waals surface area contributed by atoms with Crippen molar-refractivity contribution in [3.8, 4) is 0 Å². The van der Waals surface area contributed by atoms with E-state index >= 15 is 0 Å². The molecule has 1 saturated heterocycles. The van der Waals surface area contributed by atoms with E-state index < -0.39 is 0 Å². The predicted molar refractivity (Wildman–Crippen MR) is 147 cm³/mol. The van der Waals surface area contributed by atoms with Crippen LogP contribution in [-0.2, 0) is 6.42 Å². The Morgan fingerprint density at radius 3 is 2.19 bits per heavy atom. The molecule has 2 N–H and O–H groups in total. The minimum absolute atomic E-state index is 0.0793. The summed E-state index contributed by atoms with van der Waals surface area (Å²) in [7, 11) is 0. The minimum Gasteiger partial charge on any atom is -0.368 e. The number of rotatable bonds is 5. The van der Waals surface area contributed by atoms with Crippen molar-refractivity contribution in [1.82, 2.24) is 4.90 Å². The van der Waals surface area contributed by atoms with Gasteiger partial charge in [0.25, 0.3) is 5.91 Å². The van der Waals surface area contributed by atoms with Crippen molar-refractivity contribution in [2.24, 2.45) is 0 Å². The van der Waals surface area contributed by atoms with Crippen LogP contribution in [0.15, 0.2) is 91.0 Å². The smallest absolute Gasteiger partial charge is 0.323 e. The standard InChI is InChI=1S/C30H30N4O2/c1-2-22-7-5-6-10-28(22)32-30(36)31-26-13-15-27(16-14-26)33-17-19-34(20-18-33)29(35)25-12-11-23-8-3-4-9-24(23)21-25/h3-16,21H,2,17-20H2,1H3,(H2,31,32,36). The Balaban J connectivity index is 1.16. The van der Waals surface area contributed by atoms with Gasteiger partial charge in [0.2, 0.25) is 0 Å². The number of nitrogens with one attached hydrogen (secondary N) is 2. The fraction of sp³-hybridized carbons (Fsp3) is 0.200. The molecule has 4 aromatic rings. The first-order valence-electron chi connectivity index (χ1n) is 12.4. The molecule has 6 heteroatoms. The number of para-hydroxylation sites is 1. The largest absolute Gasteiger partial charge is 0.368 e. The summed E-state index contributed by atoms with van der Waals surface area (Å²) in [6.07, 6.45) is 0.853. The van der Waals surface area contributed by atoms with Gasteiger partial charge in [-0.15, -0.1) is 0 Å². The van der Waals surface area contributed by atoms with Crippen LogP contribution in [0.2, 0.25) is 0 Å². The maximum atomic E-state index is 13.1. The number of fused-ring (bicyclic) bond motifs is 1. The zero-order chi connectivity index (χ0) is 24.9. The van der Waals surface area contributed by atoms with E-state index in [1.54, 1.807) is 0 Å². The molecule has 0 spiro atoms. The van der Waals surface area contributed by atoms with Crippen molar-refractivity contribution in [2.75, 3.05) is 41.7 Å². The van der Waals surface area contributed by atoms with E-state index in [2.05, 4.69) is 28.5 Å². The summed E-state index contributed by atoms with van der Waals surface area (Å²) in [5, 5.41) is 8.05. The van der Waals surface area contributed by atoms with Gasteiger partial charge in [-0.2, -0.15) is 0 Å². The van der Waals surface area contributed by atoms with Crippen LogP contribution in [0.5, 0.6) is 0 Å². The Bertz CT molecular complexity index is 1380. The lowest BCUT2D eigenvalue weighted by molar-refractivity contribution is 0.0747. The molecule has 5 rings (SSSR count). The number of hydrogen-bond donors (Lipinski definition) is 2. The first kappa shape index (κ1) is 23.4. The van der Waals surface area contributed by atoms with Gasteiger partial charge in [0, 0.05) is 48.8 Å². The van der Waals surface area contributed by atoms with Crippen LogP contribution in [0, 0.1) is 0 Å². The van der Waals surface area contributed by atoms with Gasteiger partial charge in [0.1, 0.15) is 0 Å². The summed E-state index contributed by atoms with van der Waals surface area (Å²) in [4.78, 5) is 29.7. The molecule has 6 nitrogen and oxygen atoms in total. The highest BCUT2D eigenvalue weighted by Crippen LogP contribution is 2.22. The Labute approximate surface area is 211 Å². The first-order valence-corrected chi connectivity index (χ1v) is 12.4. The molecule has 182 valence electrons. The number of hydrogen-bond acceptors (Lipinski definition) is 3. The van der Waals surface area contributed by atoms with Crippen molar-refractivity contribution in [3.63, 3.8) is 0 Å². The average molecular weight is 479 g/mol. The second kappa shape index (κ2) is 10.5. The van der Waals surface area contributed by atoms with Gasteiger partial charge in [0.05, 0.1) is 0 Å². The molecule has 4 aromatic carbocycles. The van der Waals surface area contributed by atoms with Crippen LogP contribution in [0.3, 0.4) is 0 Å². The third-order valence-electron chi connectivity index (χ3n) is 6.70. The molecule has 0 bridgehead atoms. The number of piperazine rings is 1. The highest BCUT2D eigenvalue weighted by Gasteiger charge is 2.22. The predicted octanol–water partition coefficient (Wildman–Crippen LogP) is 6.01. The fourth-order valence-corrected chi connectivity index (χ4v) is 4.66. The molecule has 1 fully saturated rings. The topological polar surface area (TPSA) is 64.7 Å². The molecule has 0 unspecified atom stereocenters. The molecular weight excluding hydrogens is 448 g/mol. The van der Waals surface area contributed by atoms with E-state index in [9.17, 15) is 9.59 Å². The van der Waals surface area contributed by atoms with E-state index in [1.807, 2.05) is 89.8 Å². The first-order chi connectivity index (χ1) is 17.6. The normalized spacial score (nSPS) is 13.5. The van der Waals surface area contributed by atoms with Gasteiger partial charge in [-0.3, -0.25) is 4.79 Å². The number of nitrogens with zero attached hydrogens (tertiary/aromatic N) is 2. The molecule has 1 aliphatic rings. The molecule has 1 heterocycles. The Hall–Kier alpha value is -4.32. The number of anilines is 3. The highest BCUT2D eigenvalue weighted by molar-refractivity contribution is 6.00. The van der Waals surface area contributed by atoms with E-state index in [0.717, 1.165) is 58.5 Å². The van der Waals surface area contributed by atoms with Crippen molar-refractivity contribution in [2.45, 2.75) is 13.3 Å². The quantitative estimate of drug-likeness (QED) is 0.369. The number of carbonyl (C=O) groups excluding carboxylic acids is 2. The second-order valence-corrected chi connectivity index (χ2v) is 8.98. The summed E-state index contributed by atoms with van der Waals surface area (Å²) in [5.41, 5.74) is 4.47. The molecule has 0 radical (unpaired) electrons. The number of carbonyl (C=O) groups is 2. The maximum absolute atomic E-state index is 13.1. The summed E-state index contributed by atoms with van der Waals surface area (Å²) in [6.45, 7) is 4.94. The van der Waals surface area contributed by atoms with Crippen molar-refractivity contribution >= 4 is 39.8 Å². The summed E-state index contributed by atoms with van der Waals surface area (Å²) >= 11 is 0. The summed E-state index contributed by atoms with van der Waals surface area (Å²) in [6, 6.07) is 29.4. The third-order valence-corrected chi connectivity index (χ3v) is 6.70. The molecule has 1 aliphatic heterocycles. The van der Waals surface area contributed by atoms with Gasteiger partial charge in [-0.1, -0.05) is 55.5 Å². The number of aryl methyl sites for hydroxylation is 1. The van der Waals surface area contributed by atoms with E-state index in [4.69, 9.17) is 0 Å². The van der Waals surface area contributed by atoms with Crippen LogP contribution in [0.4, 0.5) is 21.9 Å². The average Bonchev–Trinajstić information content (AvgIpc) is 2.93. The number of benzene rings is 4. The zero-order valence-electron chi connectivity index (χ0n) is 20.4. The fourth-order valence-electron chi connectivity index (χ4n) is 4.66. The van der Waals surface area contributed by atoms with Crippen molar-refractivity contribution < 1.29 is 9.59 Å². The van der Waals surface area contributed by atoms with Crippen LogP contribution in [-0.4, -0.2) is 43.0 Å². The Morgan fingerprint density at radius 2 is 1.44 bits per heavy atom. The Kier molecular flexibility index (Phi) is 6.85. The van der Waals surface area contributed by atoms with Crippen LogP contribution in [0.25, 0.3) is 10.8 Å². The molecular formula is C30H30N4O2. The maximum Gasteiger partial charge on any atom is 0.323 e. The van der Waals surface area contributed by atoms with Gasteiger partial charge >= 0.3 is 6.03 Å². The van der Waals surface area contributed by atoms with E-state index in [0.29, 0.717) is 13.1 Å². The molecule has 3 amide bonds. The van der Waals surface area contributed by atoms with Crippen LogP contribution >= 0.6 is 0 Å². The number of amides is 3. The lowest BCUT2D eigenvalue weighted by Gasteiger charge is -2.36. The summed E-state index contributed by atoms with van der Waals surface area (Å²) in [5.74, 6) is 0.0793. The van der Waals surface area contributed by atoms with Gasteiger partial charge in [0.15, 0.2) is 0 Å². The molecule has 0 atom stereocenters. The van der Waals surface area contributed by atoms with Crippen LogP contribution in [0.1, 0.15) is 22.8 Å². The third kappa shape index (κ3) is 5.18. The number of urea groups is 1. The molecule has 0 aromatic heterocycles. The molecule has 0 saturated carbocycles. The minimum atomic E-state index is -0.260. The van der Waals surface area contributed by atoms with E-state index in [1.165, 1.54) is 0 Å². The molecule has 0 aliphatic carbocycles. The zero-order valence-corrected chi connectivity index (χ0v) is 20.4. The monoisotopic (exact) mass is 478 g/mol. The lowest BCUT2D eigenvalue weighted by atomic mass is 10.1. The van der Waals surface area contributed by atoms with E-state index in [-0.39, 0.29) is 11.9 Å². The van der Waals surface area contributed by atoms with Gasteiger partial charge < -0.3 is 20.4 Å².